The lowest BCUT2D eigenvalue weighted by atomic mass is 10.2. The number of amides is 1. The highest BCUT2D eigenvalue weighted by Gasteiger charge is 2.16. The summed E-state index contributed by atoms with van der Waals surface area (Å²) in [6, 6.07) is 6.71. The molecule has 0 spiro atoms. The zero-order chi connectivity index (χ0) is 14.1. The fourth-order valence-electron chi connectivity index (χ4n) is 1.50. The molecule has 0 saturated carbocycles. The number of halogens is 1. The van der Waals surface area contributed by atoms with Crippen LogP contribution in [0, 0.1) is 0 Å². The molecule has 0 saturated heterocycles. The summed E-state index contributed by atoms with van der Waals surface area (Å²) < 4.78 is 4.87. The summed E-state index contributed by atoms with van der Waals surface area (Å²) in [5.74, 6) is -1.68. The summed E-state index contributed by atoms with van der Waals surface area (Å²) in [4.78, 5) is 23.0. The number of esters is 1. The average Bonchev–Trinajstić information content (AvgIpc) is 2.41. The van der Waals surface area contributed by atoms with Gasteiger partial charge in [0.15, 0.2) is 0 Å². The number of para-hydroxylation sites is 1. The van der Waals surface area contributed by atoms with Gasteiger partial charge in [0.2, 0.25) is 0 Å². The van der Waals surface area contributed by atoms with Gasteiger partial charge < -0.3 is 10.1 Å². The van der Waals surface area contributed by atoms with Gasteiger partial charge in [-0.05, 0) is 18.6 Å². The molecule has 1 N–H and O–H groups in total. The predicted molar refractivity (Wildman–Crippen MR) is 75.2 cm³/mol. The Kier molecular flexibility index (Phi) is 6.97. The minimum Gasteiger partial charge on any atom is -0.459 e. The molecule has 1 rings (SSSR count). The van der Waals surface area contributed by atoms with Crippen LogP contribution in [-0.2, 0) is 14.3 Å². The van der Waals surface area contributed by atoms with Gasteiger partial charge in [0.25, 0.3) is 0 Å². The Morgan fingerprint density at radius 2 is 1.95 bits per heavy atom. The molecule has 0 aliphatic carbocycles. The molecule has 1 aromatic rings. The Bertz CT molecular complexity index is 434. The first-order valence-corrected chi connectivity index (χ1v) is 6.75. The largest absolute Gasteiger partial charge is 0.459 e. The number of carbonyl (C=O) groups excluding carboxylic acids is 2. The minimum absolute atomic E-state index is 0.273. The van der Waals surface area contributed by atoms with E-state index in [1.807, 2.05) is 0 Å². The normalized spacial score (nSPS) is 10.0. The molecule has 0 heterocycles. The summed E-state index contributed by atoms with van der Waals surface area (Å²) >= 11 is 5.87. The zero-order valence-corrected chi connectivity index (χ0v) is 11.7. The maximum absolute atomic E-state index is 11.5. The second-order valence-electron chi connectivity index (χ2n) is 4.13. The Morgan fingerprint density at radius 1 is 1.21 bits per heavy atom. The van der Waals surface area contributed by atoms with Gasteiger partial charge in [0.1, 0.15) is 0 Å². The van der Waals surface area contributed by atoms with Gasteiger partial charge >= 0.3 is 11.9 Å². The Labute approximate surface area is 118 Å². The molecule has 0 radical (unpaired) electrons. The van der Waals surface area contributed by atoms with Crippen molar-refractivity contribution in [3.63, 3.8) is 0 Å². The van der Waals surface area contributed by atoms with E-state index in [9.17, 15) is 9.59 Å². The summed E-state index contributed by atoms with van der Waals surface area (Å²) in [5.41, 5.74) is 0.400. The van der Waals surface area contributed by atoms with Crippen molar-refractivity contribution in [2.45, 2.75) is 32.6 Å². The Balaban J connectivity index is 2.33. The molecule has 0 aromatic heterocycles. The van der Waals surface area contributed by atoms with Crippen molar-refractivity contribution in [3.05, 3.63) is 29.3 Å². The van der Waals surface area contributed by atoms with E-state index in [0.29, 0.717) is 10.7 Å². The summed E-state index contributed by atoms with van der Waals surface area (Å²) in [7, 11) is 0. The van der Waals surface area contributed by atoms with Gasteiger partial charge in [-0.1, -0.05) is 49.9 Å². The van der Waals surface area contributed by atoms with Crippen molar-refractivity contribution in [3.8, 4) is 0 Å². The first-order chi connectivity index (χ1) is 9.15. The average molecular weight is 284 g/mol. The van der Waals surface area contributed by atoms with Crippen molar-refractivity contribution in [1.82, 2.24) is 0 Å². The molecule has 1 amide bonds. The molecule has 1 aromatic carbocycles. The number of nitrogens with one attached hydrogen (secondary N) is 1. The third-order valence-corrected chi connectivity index (χ3v) is 2.87. The lowest BCUT2D eigenvalue weighted by Gasteiger charge is -2.07. The van der Waals surface area contributed by atoms with Crippen molar-refractivity contribution in [2.75, 3.05) is 11.9 Å². The maximum atomic E-state index is 11.5. The molecule has 0 bridgehead atoms. The number of ether oxygens (including phenoxy) is 1. The minimum atomic E-state index is -0.878. The molecule has 104 valence electrons. The van der Waals surface area contributed by atoms with Crippen molar-refractivity contribution in [2.24, 2.45) is 0 Å². The number of benzene rings is 1. The zero-order valence-electron chi connectivity index (χ0n) is 10.9. The van der Waals surface area contributed by atoms with Crippen molar-refractivity contribution in [1.29, 1.82) is 0 Å². The van der Waals surface area contributed by atoms with E-state index in [2.05, 4.69) is 12.2 Å². The van der Waals surface area contributed by atoms with Crippen LogP contribution in [0.1, 0.15) is 32.6 Å². The van der Waals surface area contributed by atoms with Gasteiger partial charge in [-0.3, -0.25) is 4.79 Å². The summed E-state index contributed by atoms with van der Waals surface area (Å²) in [5, 5.41) is 2.80. The highest BCUT2D eigenvalue weighted by molar-refractivity contribution is 6.39. The molecule has 0 unspecified atom stereocenters. The van der Waals surface area contributed by atoms with E-state index in [0.717, 1.165) is 25.7 Å². The molecule has 5 heteroatoms. The topological polar surface area (TPSA) is 55.4 Å². The number of hydrogen-bond acceptors (Lipinski definition) is 3. The lowest BCUT2D eigenvalue weighted by molar-refractivity contribution is -0.152. The molecule has 0 fully saturated rings. The number of hydrogen-bond donors (Lipinski definition) is 1. The smallest absolute Gasteiger partial charge is 0.397 e. The van der Waals surface area contributed by atoms with Crippen LogP contribution in [0.25, 0.3) is 0 Å². The third-order valence-electron chi connectivity index (χ3n) is 2.54. The number of rotatable bonds is 6. The van der Waals surface area contributed by atoms with E-state index in [4.69, 9.17) is 16.3 Å². The van der Waals surface area contributed by atoms with E-state index >= 15 is 0 Å². The van der Waals surface area contributed by atoms with E-state index in [1.54, 1.807) is 24.3 Å². The van der Waals surface area contributed by atoms with E-state index < -0.39 is 11.9 Å². The first kappa shape index (κ1) is 15.5. The van der Waals surface area contributed by atoms with Crippen LogP contribution >= 0.6 is 11.6 Å². The fourth-order valence-corrected chi connectivity index (χ4v) is 1.68. The van der Waals surface area contributed by atoms with Crippen LogP contribution in [-0.4, -0.2) is 18.5 Å². The van der Waals surface area contributed by atoms with Crippen LogP contribution in [0.3, 0.4) is 0 Å². The molecular weight excluding hydrogens is 266 g/mol. The fraction of sp³-hybridized carbons (Fsp3) is 0.429. The third kappa shape index (κ3) is 5.75. The first-order valence-electron chi connectivity index (χ1n) is 6.37. The Hall–Kier alpha value is -1.55. The van der Waals surface area contributed by atoms with Gasteiger partial charge in [-0.15, -0.1) is 0 Å². The molecule has 19 heavy (non-hydrogen) atoms. The van der Waals surface area contributed by atoms with Crippen LogP contribution in [0.15, 0.2) is 24.3 Å². The van der Waals surface area contributed by atoms with E-state index in [-0.39, 0.29) is 6.61 Å². The second-order valence-corrected chi connectivity index (χ2v) is 4.54. The number of anilines is 1. The number of carbonyl (C=O) groups is 2. The monoisotopic (exact) mass is 283 g/mol. The SMILES string of the molecule is CCCCCCOC(=O)C(=O)Nc1ccccc1Cl. The summed E-state index contributed by atoms with van der Waals surface area (Å²) in [6.45, 7) is 2.37. The standard InChI is InChI=1S/C14H18ClNO3/c1-2-3-4-7-10-19-14(18)13(17)16-12-9-6-5-8-11(12)15/h5-6,8-9H,2-4,7,10H2,1H3,(H,16,17). The summed E-state index contributed by atoms with van der Waals surface area (Å²) in [6.07, 6.45) is 3.99. The van der Waals surface area contributed by atoms with Gasteiger partial charge in [-0.2, -0.15) is 0 Å². The molecule has 0 aliphatic heterocycles. The maximum Gasteiger partial charge on any atom is 0.397 e. The molecule has 0 aliphatic rings. The highest BCUT2D eigenvalue weighted by atomic mass is 35.5. The number of unbranched alkanes of at least 4 members (excludes halogenated alkanes) is 3. The predicted octanol–water partition coefficient (Wildman–Crippen LogP) is 3.40. The highest BCUT2D eigenvalue weighted by Crippen LogP contribution is 2.20. The quantitative estimate of drug-likeness (QED) is 0.494. The molecule has 4 nitrogen and oxygen atoms in total. The van der Waals surface area contributed by atoms with Gasteiger partial charge in [0.05, 0.1) is 17.3 Å². The van der Waals surface area contributed by atoms with Crippen molar-refractivity contribution >= 4 is 29.2 Å². The van der Waals surface area contributed by atoms with E-state index in [1.165, 1.54) is 0 Å². The Morgan fingerprint density at radius 3 is 2.63 bits per heavy atom. The second kappa shape index (κ2) is 8.53. The van der Waals surface area contributed by atoms with Crippen molar-refractivity contribution < 1.29 is 14.3 Å². The van der Waals surface area contributed by atoms with Gasteiger partial charge in [-0.25, -0.2) is 4.79 Å². The van der Waals surface area contributed by atoms with Crippen LogP contribution < -0.4 is 5.32 Å². The van der Waals surface area contributed by atoms with Crippen LogP contribution in [0.5, 0.6) is 0 Å². The molecule has 0 atom stereocenters. The lowest BCUT2D eigenvalue weighted by Crippen LogP contribution is -2.25. The van der Waals surface area contributed by atoms with Gasteiger partial charge in [0, 0.05) is 0 Å². The van der Waals surface area contributed by atoms with Crippen LogP contribution in [0.2, 0.25) is 5.02 Å². The molecular formula is C14H18ClNO3. The van der Waals surface area contributed by atoms with Crippen LogP contribution in [0.4, 0.5) is 5.69 Å².